The SMILES string of the molecule is COC(=O)c1ccc(CNC(=O)COC(=O)CCCOc2ccc(C)cc2)cc1. The van der Waals surface area contributed by atoms with Crippen LogP contribution < -0.4 is 10.1 Å². The Hall–Kier alpha value is -3.35. The highest BCUT2D eigenvalue weighted by Crippen LogP contribution is 2.12. The van der Waals surface area contributed by atoms with Crippen LogP contribution in [0.25, 0.3) is 0 Å². The number of nitrogens with one attached hydrogen (secondary N) is 1. The molecule has 0 radical (unpaired) electrons. The highest BCUT2D eigenvalue weighted by molar-refractivity contribution is 5.89. The first-order valence-electron chi connectivity index (χ1n) is 9.27. The van der Waals surface area contributed by atoms with Crippen molar-refractivity contribution in [1.82, 2.24) is 5.32 Å². The van der Waals surface area contributed by atoms with Crippen LogP contribution in [0.15, 0.2) is 48.5 Å². The number of amides is 1. The maximum absolute atomic E-state index is 11.8. The molecule has 0 unspecified atom stereocenters. The zero-order valence-electron chi connectivity index (χ0n) is 16.6. The van der Waals surface area contributed by atoms with Gasteiger partial charge in [0, 0.05) is 13.0 Å². The molecule has 0 heterocycles. The Balaban J connectivity index is 1.58. The van der Waals surface area contributed by atoms with E-state index in [0.29, 0.717) is 18.6 Å². The second kappa shape index (κ2) is 11.5. The number of ether oxygens (including phenoxy) is 3. The molecule has 7 heteroatoms. The minimum atomic E-state index is -0.449. The van der Waals surface area contributed by atoms with Gasteiger partial charge in [-0.25, -0.2) is 4.79 Å². The predicted octanol–water partition coefficient (Wildman–Crippen LogP) is 2.80. The Morgan fingerprint density at radius 1 is 0.966 bits per heavy atom. The van der Waals surface area contributed by atoms with Crippen LogP contribution >= 0.6 is 0 Å². The lowest BCUT2D eigenvalue weighted by Gasteiger charge is -2.08. The molecule has 0 aliphatic heterocycles. The van der Waals surface area contributed by atoms with E-state index in [1.54, 1.807) is 24.3 Å². The molecule has 0 fully saturated rings. The van der Waals surface area contributed by atoms with Gasteiger partial charge in [-0.15, -0.1) is 0 Å². The number of carbonyl (C=O) groups is 3. The fourth-order valence-electron chi connectivity index (χ4n) is 2.39. The smallest absolute Gasteiger partial charge is 0.337 e. The van der Waals surface area contributed by atoms with Gasteiger partial charge in [-0.05, 0) is 43.2 Å². The van der Waals surface area contributed by atoms with E-state index in [2.05, 4.69) is 10.1 Å². The number of esters is 2. The van der Waals surface area contributed by atoms with Crippen LogP contribution in [0.2, 0.25) is 0 Å². The molecule has 1 N–H and O–H groups in total. The number of hydrogen-bond donors (Lipinski definition) is 1. The van der Waals surface area contributed by atoms with Crippen molar-refractivity contribution in [2.75, 3.05) is 20.3 Å². The molecule has 2 rings (SSSR count). The monoisotopic (exact) mass is 399 g/mol. The molecule has 0 saturated carbocycles. The molecule has 7 nitrogen and oxygen atoms in total. The van der Waals surface area contributed by atoms with E-state index in [9.17, 15) is 14.4 Å². The van der Waals surface area contributed by atoms with Crippen LogP contribution in [0.5, 0.6) is 5.75 Å². The lowest BCUT2D eigenvalue weighted by molar-refractivity contribution is -0.148. The van der Waals surface area contributed by atoms with Crippen LogP contribution in [0.1, 0.15) is 34.3 Å². The summed E-state index contributed by atoms with van der Waals surface area (Å²) in [5.41, 5.74) is 2.39. The van der Waals surface area contributed by atoms with Gasteiger partial charge in [-0.2, -0.15) is 0 Å². The van der Waals surface area contributed by atoms with Gasteiger partial charge in [-0.3, -0.25) is 9.59 Å². The molecular formula is C22H25NO6. The molecular weight excluding hydrogens is 374 g/mol. The van der Waals surface area contributed by atoms with Gasteiger partial charge in [0.05, 0.1) is 19.3 Å². The average Bonchev–Trinajstić information content (AvgIpc) is 2.74. The number of carbonyl (C=O) groups excluding carboxylic acids is 3. The van der Waals surface area contributed by atoms with Gasteiger partial charge in [-0.1, -0.05) is 29.8 Å². The molecule has 0 aromatic heterocycles. The maximum atomic E-state index is 11.8. The molecule has 29 heavy (non-hydrogen) atoms. The zero-order chi connectivity index (χ0) is 21.1. The van der Waals surface area contributed by atoms with Gasteiger partial charge < -0.3 is 19.5 Å². The minimum absolute atomic E-state index is 0.175. The molecule has 0 aliphatic rings. The summed E-state index contributed by atoms with van der Waals surface area (Å²) in [4.78, 5) is 34.9. The normalized spacial score (nSPS) is 10.1. The Kier molecular flexibility index (Phi) is 8.69. The van der Waals surface area contributed by atoms with Crippen LogP contribution in [0.4, 0.5) is 0 Å². The second-order valence-corrected chi connectivity index (χ2v) is 6.39. The van der Waals surface area contributed by atoms with Crippen LogP contribution in [-0.2, 0) is 25.6 Å². The number of methoxy groups -OCH3 is 1. The van der Waals surface area contributed by atoms with E-state index in [-0.39, 0.29) is 19.6 Å². The molecule has 0 bridgehead atoms. The van der Waals surface area contributed by atoms with Gasteiger partial charge in [0.25, 0.3) is 5.91 Å². The number of aryl methyl sites for hydroxylation is 1. The van der Waals surface area contributed by atoms with Crippen molar-refractivity contribution < 1.29 is 28.6 Å². The van der Waals surface area contributed by atoms with Crippen LogP contribution in [0.3, 0.4) is 0 Å². The fraction of sp³-hybridized carbons (Fsp3) is 0.318. The third-order valence-electron chi connectivity index (χ3n) is 4.04. The first kappa shape index (κ1) is 21.9. The van der Waals surface area contributed by atoms with Crippen molar-refractivity contribution in [2.45, 2.75) is 26.3 Å². The van der Waals surface area contributed by atoms with E-state index in [1.165, 1.54) is 7.11 Å². The molecule has 2 aromatic carbocycles. The Morgan fingerprint density at radius 3 is 2.31 bits per heavy atom. The summed E-state index contributed by atoms with van der Waals surface area (Å²) >= 11 is 0. The van der Waals surface area contributed by atoms with Crippen molar-refractivity contribution in [1.29, 1.82) is 0 Å². The van der Waals surface area contributed by atoms with E-state index < -0.39 is 17.8 Å². The standard InChI is InChI=1S/C22H25NO6/c1-16-5-11-19(12-6-16)28-13-3-4-21(25)29-15-20(24)23-14-17-7-9-18(10-8-17)22(26)27-2/h5-12H,3-4,13-15H2,1-2H3,(H,23,24). The molecule has 0 saturated heterocycles. The summed E-state index contributed by atoms with van der Waals surface area (Å²) in [7, 11) is 1.31. The summed E-state index contributed by atoms with van der Waals surface area (Å²) < 4.78 is 15.1. The van der Waals surface area contributed by atoms with Crippen LogP contribution in [-0.4, -0.2) is 38.2 Å². The van der Waals surface area contributed by atoms with E-state index in [0.717, 1.165) is 16.9 Å². The minimum Gasteiger partial charge on any atom is -0.494 e. The predicted molar refractivity (Wildman–Crippen MR) is 106 cm³/mol. The Bertz CT molecular complexity index is 814. The molecule has 154 valence electrons. The summed E-state index contributed by atoms with van der Waals surface area (Å²) in [5.74, 6) is -0.513. The molecule has 0 aliphatic carbocycles. The third-order valence-corrected chi connectivity index (χ3v) is 4.04. The van der Waals surface area contributed by atoms with Gasteiger partial charge in [0.2, 0.25) is 0 Å². The molecule has 0 atom stereocenters. The third kappa shape index (κ3) is 8.04. The molecule has 2 aromatic rings. The van der Waals surface area contributed by atoms with Crippen molar-refractivity contribution in [3.63, 3.8) is 0 Å². The highest BCUT2D eigenvalue weighted by atomic mass is 16.5. The van der Waals surface area contributed by atoms with Gasteiger partial charge >= 0.3 is 11.9 Å². The van der Waals surface area contributed by atoms with Gasteiger partial charge in [0.1, 0.15) is 5.75 Å². The highest BCUT2D eigenvalue weighted by Gasteiger charge is 2.08. The van der Waals surface area contributed by atoms with E-state index in [4.69, 9.17) is 9.47 Å². The second-order valence-electron chi connectivity index (χ2n) is 6.39. The van der Waals surface area contributed by atoms with E-state index in [1.807, 2.05) is 31.2 Å². The zero-order valence-corrected chi connectivity index (χ0v) is 16.6. The van der Waals surface area contributed by atoms with Crippen LogP contribution in [0, 0.1) is 6.92 Å². The number of hydrogen-bond acceptors (Lipinski definition) is 6. The summed E-state index contributed by atoms with van der Waals surface area (Å²) in [6.07, 6.45) is 0.676. The van der Waals surface area contributed by atoms with Crippen molar-refractivity contribution in [3.05, 3.63) is 65.2 Å². The average molecular weight is 399 g/mol. The van der Waals surface area contributed by atoms with Crippen molar-refractivity contribution in [3.8, 4) is 5.75 Å². The lowest BCUT2D eigenvalue weighted by atomic mass is 10.1. The molecule has 1 amide bonds. The quantitative estimate of drug-likeness (QED) is 0.488. The largest absolute Gasteiger partial charge is 0.494 e. The number of rotatable bonds is 10. The Morgan fingerprint density at radius 2 is 1.66 bits per heavy atom. The van der Waals surface area contributed by atoms with Crippen molar-refractivity contribution >= 4 is 17.8 Å². The lowest BCUT2D eigenvalue weighted by Crippen LogP contribution is -2.28. The topological polar surface area (TPSA) is 90.9 Å². The van der Waals surface area contributed by atoms with Crippen molar-refractivity contribution in [2.24, 2.45) is 0 Å². The first-order valence-corrected chi connectivity index (χ1v) is 9.27. The summed E-state index contributed by atoms with van der Waals surface area (Å²) in [5, 5.41) is 2.65. The van der Waals surface area contributed by atoms with Gasteiger partial charge in [0.15, 0.2) is 6.61 Å². The maximum Gasteiger partial charge on any atom is 0.337 e. The Labute approximate surface area is 170 Å². The first-order chi connectivity index (χ1) is 14.0. The van der Waals surface area contributed by atoms with E-state index >= 15 is 0 Å². The number of benzene rings is 2. The summed E-state index contributed by atoms with van der Waals surface area (Å²) in [6, 6.07) is 14.3. The fourth-order valence-corrected chi connectivity index (χ4v) is 2.39. The summed E-state index contributed by atoms with van der Waals surface area (Å²) in [6.45, 7) is 2.32. The molecule has 0 spiro atoms.